The van der Waals surface area contributed by atoms with E-state index >= 15 is 0 Å². The summed E-state index contributed by atoms with van der Waals surface area (Å²) in [6.07, 6.45) is 1.22. The van der Waals surface area contributed by atoms with Crippen LogP contribution in [0.4, 0.5) is 4.79 Å². The Balaban J connectivity index is 1.58. The summed E-state index contributed by atoms with van der Waals surface area (Å²) in [7, 11) is 0. The first-order chi connectivity index (χ1) is 12.5. The van der Waals surface area contributed by atoms with Gasteiger partial charge in [0.15, 0.2) is 0 Å². The molecule has 26 heavy (non-hydrogen) atoms. The third-order valence-electron chi connectivity index (χ3n) is 5.17. The van der Waals surface area contributed by atoms with Gasteiger partial charge in [0.25, 0.3) is 5.91 Å². The highest BCUT2D eigenvalue weighted by atomic mass is 16.4. The molecule has 2 N–H and O–H groups in total. The Labute approximate surface area is 151 Å². The molecular weight excluding hydrogens is 332 g/mol. The Morgan fingerprint density at radius 2 is 2.00 bits per heavy atom. The van der Waals surface area contributed by atoms with E-state index in [0.717, 1.165) is 24.2 Å². The number of aryl methyl sites for hydroxylation is 2. The van der Waals surface area contributed by atoms with Crippen molar-refractivity contribution < 1.29 is 14.0 Å². The summed E-state index contributed by atoms with van der Waals surface area (Å²) in [4.78, 5) is 31.1. The quantitative estimate of drug-likeness (QED) is 0.825. The van der Waals surface area contributed by atoms with Crippen molar-refractivity contribution in [1.29, 1.82) is 0 Å². The number of nitrogens with one attached hydrogen (secondary N) is 2. The molecule has 0 radical (unpaired) electrons. The summed E-state index contributed by atoms with van der Waals surface area (Å²) in [6, 6.07) is 7.53. The van der Waals surface area contributed by atoms with E-state index in [1.807, 2.05) is 31.2 Å². The molecule has 3 amide bonds. The van der Waals surface area contributed by atoms with Crippen LogP contribution in [0.15, 0.2) is 28.7 Å². The number of urea groups is 1. The predicted molar refractivity (Wildman–Crippen MR) is 95.3 cm³/mol. The lowest BCUT2D eigenvalue weighted by Crippen LogP contribution is -2.53. The molecule has 0 saturated carbocycles. The zero-order valence-electron chi connectivity index (χ0n) is 15.0. The number of aromatic nitrogens is 1. The van der Waals surface area contributed by atoms with Crippen molar-refractivity contribution in [2.24, 2.45) is 0 Å². The number of nitrogens with zero attached hydrogens (tertiary/aromatic N) is 2. The second kappa shape index (κ2) is 6.25. The smallest absolute Gasteiger partial charge is 0.325 e. The molecule has 1 aromatic heterocycles. The first kappa shape index (κ1) is 16.8. The van der Waals surface area contributed by atoms with Crippen LogP contribution in [0.5, 0.6) is 0 Å². The summed E-state index contributed by atoms with van der Waals surface area (Å²) < 4.78 is 5.78. The van der Waals surface area contributed by atoms with E-state index in [1.54, 1.807) is 6.92 Å². The molecule has 2 fully saturated rings. The fourth-order valence-electron chi connectivity index (χ4n) is 3.64. The van der Waals surface area contributed by atoms with Crippen LogP contribution in [-0.4, -0.2) is 40.5 Å². The van der Waals surface area contributed by atoms with Gasteiger partial charge in [-0.25, -0.2) is 9.78 Å². The Hall–Kier alpha value is -2.67. The number of hydrogen-bond donors (Lipinski definition) is 2. The van der Waals surface area contributed by atoms with E-state index in [9.17, 15) is 9.59 Å². The second-order valence-corrected chi connectivity index (χ2v) is 7.04. The number of benzene rings is 1. The third kappa shape index (κ3) is 2.78. The fourth-order valence-corrected chi connectivity index (χ4v) is 3.64. The van der Waals surface area contributed by atoms with E-state index in [-0.39, 0.29) is 18.5 Å². The van der Waals surface area contributed by atoms with Gasteiger partial charge in [0.1, 0.15) is 17.0 Å². The largest absolute Gasteiger partial charge is 0.441 e. The van der Waals surface area contributed by atoms with Crippen LogP contribution in [0.2, 0.25) is 0 Å². The molecule has 1 spiro atoms. The van der Waals surface area contributed by atoms with Crippen molar-refractivity contribution in [3.63, 3.8) is 0 Å². The van der Waals surface area contributed by atoms with E-state index < -0.39 is 5.54 Å². The van der Waals surface area contributed by atoms with Crippen molar-refractivity contribution in [3.8, 4) is 11.5 Å². The number of amides is 3. The minimum atomic E-state index is -0.765. The predicted octanol–water partition coefficient (Wildman–Crippen LogP) is 2.13. The van der Waals surface area contributed by atoms with Crippen LogP contribution in [0, 0.1) is 13.8 Å². The molecule has 0 bridgehead atoms. The molecule has 0 unspecified atom stereocenters. The van der Waals surface area contributed by atoms with Crippen LogP contribution in [0.1, 0.15) is 29.9 Å². The number of piperidine rings is 1. The maximum atomic E-state index is 12.9. The van der Waals surface area contributed by atoms with Crippen molar-refractivity contribution in [2.45, 2.75) is 38.8 Å². The van der Waals surface area contributed by atoms with Crippen LogP contribution in [-0.2, 0) is 11.3 Å². The first-order valence-corrected chi connectivity index (χ1v) is 8.87. The van der Waals surface area contributed by atoms with Crippen LogP contribution < -0.4 is 10.6 Å². The fraction of sp³-hybridized carbons (Fsp3) is 0.421. The second-order valence-electron chi connectivity index (χ2n) is 7.04. The Morgan fingerprint density at radius 3 is 2.73 bits per heavy atom. The molecular formula is C19H22N4O3. The van der Waals surface area contributed by atoms with Crippen molar-refractivity contribution in [1.82, 2.24) is 20.5 Å². The van der Waals surface area contributed by atoms with Gasteiger partial charge in [-0.05, 0) is 51.9 Å². The molecule has 7 heteroatoms. The lowest BCUT2D eigenvalue weighted by molar-refractivity contribution is -0.132. The highest BCUT2D eigenvalue weighted by molar-refractivity contribution is 6.07. The maximum absolute atomic E-state index is 12.9. The summed E-state index contributed by atoms with van der Waals surface area (Å²) in [6.45, 7) is 5.38. The average molecular weight is 354 g/mol. The molecule has 136 valence electrons. The number of oxazole rings is 1. The first-order valence-electron chi connectivity index (χ1n) is 8.87. The van der Waals surface area contributed by atoms with Crippen LogP contribution >= 0.6 is 0 Å². The molecule has 3 heterocycles. The van der Waals surface area contributed by atoms with Gasteiger partial charge in [0.2, 0.25) is 5.89 Å². The maximum Gasteiger partial charge on any atom is 0.325 e. The number of rotatable bonds is 3. The van der Waals surface area contributed by atoms with Gasteiger partial charge >= 0.3 is 6.03 Å². The summed E-state index contributed by atoms with van der Waals surface area (Å²) >= 11 is 0. The van der Waals surface area contributed by atoms with Crippen molar-refractivity contribution in [2.75, 3.05) is 13.1 Å². The number of imide groups is 1. The Kier molecular flexibility index (Phi) is 4.03. The SMILES string of the molecule is Cc1cccc(-c2nc(CN3C(=O)NC4(CCNCC4)C3=O)c(C)o2)c1. The van der Waals surface area contributed by atoms with E-state index in [1.165, 1.54) is 4.90 Å². The van der Waals surface area contributed by atoms with Crippen molar-refractivity contribution in [3.05, 3.63) is 41.3 Å². The lowest BCUT2D eigenvalue weighted by Gasteiger charge is -2.31. The van der Waals surface area contributed by atoms with E-state index in [4.69, 9.17) is 4.42 Å². The molecule has 0 aliphatic carbocycles. The molecule has 7 nitrogen and oxygen atoms in total. The standard InChI is InChI=1S/C19H22N4O3/c1-12-4-3-5-14(10-12)16-21-15(13(2)26-16)11-23-17(24)19(22-18(23)25)6-8-20-9-7-19/h3-5,10,20H,6-9,11H2,1-2H3,(H,22,25). The monoisotopic (exact) mass is 354 g/mol. The van der Waals surface area contributed by atoms with Gasteiger partial charge in [-0.15, -0.1) is 0 Å². The normalized spacial score (nSPS) is 19.2. The third-order valence-corrected chi connectivity index (χ3v) is 5.17. The molecule has 2 saturated heterocycles. The van der Waals surface area contributed by atoms with Gasteiger partial charge in [0, 0.05) is 5.56 Å². The minimum absolute atomic E-state index is 0.126. The molecule has 2 aliphatic rings. The molecule has 2 aliphatic heterocycles. The topological polar surface area (TPSA) is 87.5 Å². The number of hydrogen-bond acceptors (Lipinski definition) is 5. The zero-order chi connectivity index (χ0) is 18.3. The minimum Gasteiger partial charge on any atom is -0.441 e. The van der Waals surface area contributed by atoms with Gasteiger partial charge < -0.3 is 15.1 Å². The Morgan fingerprint density at radius 1 is 1.23 bits per heavy atom. The molecule has 2 aromatic rings. The number of carbonyl (C=O) groups excluding carboxylic acids is 2. The van der Waals surface area contributed by atoms with E-state index in [2.05, 4.69) is 15.6 Å². The van der Waals surface area contributed by atoms with E-state index in [0.29, 0.717) is 30.2 Å². The average Bonchev–Trinajstić information content (AvgIpc) is 3.09. The highest BCUT2D eigenvalue weighted by Gasteiger charge is 2.51. The van der Waals surface area contributed by atoms with Crippen molar-refractivity contribution >= 4 is 11.9 Å². The summed E-state index contributed by atoms with van der Waals surface area (Å²) in [5, 5.41) is 6.12. The number of carbonyl (C=O) groups is 2. The molecule has 4 rings (SSSR count). The summed E-state index contributed by atoms with van der Waals surface area (Å²) in [5.41, 5.74) is 1.84. The van der Waals surface area contributed by atoms with Gasteiger partial charge in [-0.2, -0.15) is 0 Å². The lowest BCUT2D eigenvalue weighted by atomic mass is 9.88. The van der Waals surface area contributed by atoms with Crippen LogP contribution in [0.25, 0.3) is 11.5 Å². The van der Waals surface area contributed by atoms with Gasteiger partial charge in [-0.3, -0.25) is 9.69 Å². The van der Waals surface area contributed by atoms with Crippen LogP contribution in [0.3, 0.4) is 0 Å². The highest BCUT2D eigenvalue weighted by Crippen LogP contribution is 2.29. The molecule has 0 atom stereocenters. The van der Waals surface area contributed by atoms with Gasteiger partial charge in [-0.1, -0.05) is 17.7 Å². The molecule has 1 aromatic carbocycles. The zero-order valence-corrected chi connectivity index (χ0v) is 15.0. The van der Waals surface area contributed by atoms with Gasteiger partial charge in [0.05, 0.1) is 6.54 Å². The Bertz CT molecular complexity index is 867. The summed E-state index contributed by atoms with van der Waals surface area (Å²) in [5.74, 6) is 0.960.